The maximum atomic E-state index is 13.6. The first-order valence-electron chi connectivity index (χ1n) is 9.57. The summed E-state index contributed by atoms with van der Waals surface area (Å²) in [4.78, 5) is 39.3. The lowest BCUT2D eigenvalue weighted by Crippen LogP contribution is -2.32. The van der Waals surface area contributed by atoms with E-state index in [1.807, 2.05) is 0 Å². The summed E-state index contributed by atoms with van der Waals surface area (Å²) in [7, 11) is 0. The fraction of sp³-hybridized carbons (Fsp3) is 0.0435. The second-order valence-corrected chi connectivity index (χ2v) is 6.73. The molecule has 3 aromatic carbocycles. The van der Waals surface area contributed by atoms with Crippen LogP contribution in [0, 0.1) is 5.82 Å². The van der Waals surface area contributed by atoms with E-state index in [1.165, 1.54) is 24.4 Å². The molecule has 8 nitrogen and oxygen atoms in total. The largest absolute Gasteiger partial charge is 0.484 e. The SMILES string of the molecule is O=C(COc1cccc(C=Nn2c(=O)[nH]c3ccccc3c2=O)c1)Nc1ccccc1F. The number of anilines is 1. The van der Waals surface area contributed by atoms with Crippen LogP contribution in [0.25, 0.3) is 10.9 Å². The van der Waals surface area contributed by atoms with Gasteiger partial charge in [-0.3, -0.25) is 9.59 Å². The summed E-state index contributed by atoms with van der Waals surface area (Å²) in [6.45, 7) is -0.335. The number of ether oxygens (including phenoxy) is 1. The van der Waals surface area contributed by atoms with Crippen LogP contribution in [0.3, 0.4) is 0 Å². The standard InChI is InChI=1S/C23H17FN4O4/c24-18-9-2-4-11-20(18)26-21(29)14-32-16-7-5-6-15(12-16)13-25-28-22(30)17-8-1-3-10-19(17)27-23(28)31/h1-13H,14H2,(H,26,29)(H,27,31). The molecule has 0 aliphatic carbocycles. The van der Waals surface area contributed by atoms with Gasteiger partial charge >= 0.3 is 5.69 Å². The highest BCUT2D eigenvalue weighted by Crippen LogP contribution is 2.14. The van der Waals surface area contributed by atoms with Crippen LogP contribution < -0.4 is 21.3 Å². The van der Waals surface area contributed by atoms with E-state index in [0.717, 1.165) is 4.68 Å². The molecule has 9 heteroatoms. The molecule has 4 aromatic rings. The third-order valence-electron chi connectivity index (χ3n) is 4.48. The molecule has 0 saturated heterocycles. The van der Waals surface area contributed by atoms with Gasteiger partial charge in [-0.1, -0.05) is 36.4 Å². The number of nitrogens with zero attached hydrogens (tertiary/aromatic N) is 2. The molecule has 1 amide bonds. The average molecular weight is 432 g/mol. The van der Waals surface area contributed by atoms with Crippen molar-refractivity contribution in [3.8, 4) is 5.75 Å². The van der Waals surface area contributed by atoms with E-state index in [-0.39, 0.29) is 12.3 Å². The minimum absolute atomic E-state index is 0.0630. The second kappa shape index (κ2) is 9.09. The molecule has 2 N–H and O–H groups in total. The molecule has 0 aliphatic heterocycles. The summed E-state index contributed by atoms with van der Waals surface area (Å²) in [5.41, 5.74) is -0.178. The topological polar surface area (TPSA) is 106 Å². The zero-order chi connectivity index (χ0) is 22.5. The molecule has 0 aliphatic rings. The molecule has 4 rings (SSSR count). The lowest BCUT2D eigenvalue weighted by molar-refractivity contribution is -0.118. The molecule has 0 bridgehead atoms. The number of carbonyl (C=O) groups excluding carboxylic acids is 1. The van der Waals surface area contributed by atoms with E-state index < -0.39 is 23.0 Å². The number of para-hydroxylation sites is 2. The van der Waals surface area contributed by atoms with E-state index in [9.17, 15) is 18.8 Å². The zero-order valence-electron chi connectivity index (χ0n) is 16.6. The number of aromatic nitrogens is 2. The van der Waals surface area contributed by atoms with Crippen molar-refractivity contribution in [1.29, 1.82) is 0 Å². The Labute approximate surface area is 180 Å². The first kappa shape index (κ1) is 20.7. The fourth-order valence-electron chi connectivity index (χ4n) is 2.96. The molecule has 0 saturated carbocycles. The molecule has 0 atom stereocenters. The van der Waals surface area contributed by atoms with Crippen molar-refractivity contribution in [3.05, 3.63) is 105 Å². The third kappa shape index (κ3) is 4.62. The van der Waals surface area contributed by atoms with Gasteiger partial charge in [0.05, 0.1) is 22.8 Å². The van der Waals surface area contributed by atoms with Gasteiger partial charge in [0.1, 0.15) is 11.6 Å². The zero-order valence-corrected chi connectivity index (χ0v) is 16.6. The number of rotatable bonds is 6. The van der Waals surface area contributed by atoms with Crippen LogP contribution in [0.5, 0.6) is 5.75 Å². The quantitative estimate of drug-likeness (QED) is 0.457. The number of halogens is 1. The van der Waals surface area contributed by atoms with Crippen molar-refractivity contribution in [2.24, 2.45) is 5.10 Å². The number of fused-ring (bicyclic) bond motifs is 1. The number of aromatic amines is 1. The van der Waals surface area contributed by atoms with Crippen molar-refractivity contribution in [3.63, 3.8) is 0 Å². The lowest BCUT2D eigenvalue weighted by atomic mass is 10.2. The number of nitrogens with one attached hydrogen (secondary N) is 2. The van der Waals surface area contributed by atoms with Crippen molar-refractivity contribution in [2.45, 2.75) is 0 Å². The molecule has 0 spiro atoms. The van der Waals surface area contributed by atoms with Gasteiger partial charge in [0.2, 0.25) is 0 Å². The molecule has 0 radical (unpaired) electrons. The van der Waals surface area contributed by atoms with E-state index in [2.05, 4.69) is 15.4 Å². The number of carbonyl (C=O) groups is 1. The van der Waals surface area contributed by atoms with Crippen molar-refractivity contribution < 1.29 is 13.9 Å². The third-order valence-corrected chi connectivity index (χ3v) is 4.48. The van der Waals surface area contributed by atoms with Crippen LogP contribution in [0.1, 0.15) is 5.56 Å². The monoisotopic (exact) mass is 432 g/mol. The molecular formula is C23H17FN4O4. The van der Waals surface area contributed by atoms with Crippen LogP contribution in [0.2, 0.25) is 0 Å². The smallest absolute Gasteiger partial charge is 0.349 e. The van der Waals surface area contributed by atoms with Gasteiger partial charge in [-0.15, -0.1) is 4.68 Å². The highest BCUT2D eigenvalue weighted by atomic mass is 19.1. The number of amides is 1. The van der Waals surface area contributed by atoms with Gasteiger partial charge < -0.3 is 15.0 Å². The van der Waals surface area contributed by atoms with Gasteiger partial charge in [-0.2, -0.15) is 5.10 Å². The summed E-state index contributed by atoms with van der Waals surface area (Å²) in [6.07, 6.45) is 1.33. The summed E-state index contributed by atoms with van der Waals surface area (Å²) >= 11 is 0. The summed E-state index contributed by atoms with van der Waals surface area (Å²) < 4.78 is 19.8. The predicted molar refractivity (Wildman–Crippen MR) is 119 cm³/mol. The highest BCUT2D eigenvalue weighted by Gasteiger charge is 2.08. The molecule has 0 fully saturated rings. The molecular weight excluding hydrogens is 415 g/mol. The van der Waals surface area contributed by atoms with Gasteiger partial charge in [0.15, 0.2) is 6.61 Å². The molecule has 1 aromatic heterocycles. The minimum Gasteiger partial charge on any atom is -0.484 e. The minimum atomic E-state index is -0.665. The first-order chi connectivity index (χ1) is 15.5. The lowest BCUT2D eigenvalue weighted by Gasteiger charge is -2.08. The fourth-order valence-corrected chi connectivity index (χ4v) is 2.96. The molecule has 0 unspecified atom stereocenters. The molecule has 32 heavy (non-hydrogen) atoms. The Morgan fingerprint density at radius 1 is 1.06 bits per heavy atom. The number of hydrogen-bond acceptors (Lipinski definition) is 5. The number of H-pyrrole nitrogens is 1. The van der Waals surface area contributed by atoms with E-state index >= 15 is 0 Å². The molecule has 160 valence electrons. The maximum absolute atomic E-state index is 13.6. The predicted octanol–water partition coefficient (Wildman–Crippen LogP) is 2.73. The van der Waals surface area contributed by atoms with Crippen LogP contribution in [-0.2, 0) is 4.79 Å². The van der Waals surface area contributed by atoms with Crippen LogP contribution in [-0.4, -0.2) is 28.4 Å². The average Bonchev–Trinajstić information content (AvgIpc) is 2.79. The van der Waals surface area contributed by atoms with Crippen molar-refractivity contribution >= 4 is 28.7 Å². The van der Waals surface area contributed by atoms with Crippen LogP contribution in [0.4, 0.5) is 10.1 Å². The van der Waals surface area contributed by atoms with Crippen LogP contribution >= 0.6 is 0 Å². The Balaban J connectivity index is 1.47. The van der Waals surface area contributed by atoms with Gasteiger partial charge in [0.25, 0.3) is 11.5 Å². The first-order valence-corrected chi connectivity index (χ1v) is 9.57. The van der Waals surface area contributed by atoms with Gasteiger partial charge in [-0.05, 0) is 42.0 Å². The summed E-state index contributed by atoms with van der Waals surface area (Å²) in [5, 5.41) is 6.75. The Morgan fingerprint density at radius 3 is 2.69 bits per heavy atom. The maximum Gasteiger partial charge on any atom is 0.349 e. The Morgan fingerprint density at radius 2 is 1.84 bits per heavy atom. The van der Waals surface area contributed by atoms with Crippen molar-refractivity contribution in [2.75, 3.05) is 11.9 Å². The summed E-state index contributed by atoms with van der Waals surface area (Å²) in [6, 6.07) is 19.0. The Bertz CT molecular complexity index is 1440. The van der Waals surface area contributed by atoms with Gasteiger partial charge in [0, 0.05) is 0 Å². The summed E-state index contributed by atoms with van der Waals surface area (Å²) in [5.74, 6) is -0.709. The van der Waals surface area contributed by atoms with E-state index in [4.69, 9.17) is 4.74 Å². The van der Waals surface area contributed by atoms with E-state index in [0.29, 0.717) is 22.2 Å². The van der Waals surface area contributed by atoms with E-state index in [1.54, 1.807) is 54.6 Å². The van der Waals surface area contributed by atoms with Crippen molar-refractivity contribution in [1.82, 2.24) is 9.66 Å². The Hall–Kier alpha value is -4.53. The molecule has 1 heterocycles. The second-order valence-electron chi connectivity index (χ2n) is 6.73. The number of benzene rings is 3. The highest BCUT2D eigenvalue weighted by molar-refractivity contribution is 5.92. The van der Waals surface area contributed by atoms with Crippen LogP contribution in [0.15, 0.2) is 87.5 Å². The van der Waals surface area contributed by atoms with Gasteiger partial charge in [-0.25, -0.2) is 9.18 Å². The Kier molecular flexibility index (Phi) is 5.89. The normalized spacial score (nSPS) is 11.0. The number of hydrogen-bond donors (Lipinski definition) is 2.